The minimum absolute atomic E-state index is 0.555. The van der Waals surface area contributed by atoms with E-state index in [1.165, 1.54) is 0 Å². The van der Waals surface area contributed by atoms with E-state index in [1.807, 2.05) is 60.9 Å². The summed E-state index contributed by atoms with van der Waals surface area (Å²) in [7, 11) is 0. The smallest absolute Gasteiger partial charge is 0.176 e. The number of H-pyrrole nitrogens is 2. The molecule has 0 saturated heterocycles. The second-order valence-electron chi connectivity index (χ2n) is 8.05. The highest BCUT2D eigenvalue weighted by Gasteiger charge is 2.09. The maximum atomic E-state index is 4.41. The monoisotopic (exact) mass is 600 g/mol. The number of nitrogens with one attached hydrogen (secondary N) is 4. The van der Waals surface area contributed by atoms with Gasteiger partial charge in [0.05, 0.1) is 12.4 Å². The third-order valence-electron chi connectivity index (χ3n) is 5.79. The lowest BCUT2D eigenvalue weighted by atomic mass is 10.2. The fourth-order valence-electron chi connectivity index (χ4n) is 4.04. The van der Waals surface area contributed by atoms with E-state index in [0.717, 1.165) is 52.7 Å². The lowest BCUT2D eigenvalue weighted by molar-refractivity contribution is 1.03. The molecule has 0 aliphatic carbocycles. The van der Waals surface area contributed by atoms with E-state index >= 15 is 0 Å². The number of fused-ring (bicyclic) bond motifs is 3. The third kappa shape index (κ3) is 4.36. The Morgan fingerprint density at radius 1 is 0.639 bits per heavy atom. The van der Waals surface area contributed by atoms with Gasteiger partial charge >= 0.3 is 0 Å². The van der Waals surface area contributed by atoms with E-state index in [0.29, 0.717) is 11.6 Å². The van der Waals surface area contributed by atoms with Gasteiger partial charge in [0.15, 0.2) is 11.6 Å². The molecule has 0 aliphatic rings. The number of hydrazone groups is 2. The molecule has 4 N–H and O–H groups in total. The molecule has 0 atom stereocenters. The van der Waals surface area contributed by atoms with Crippen molar-refractivity contribution in [3.63, 3.8) is 0 Å². The SMILES string of the molecule is Brc1ccc2[nH]cc(/C=N\Nc3nnc(N/N=C/c4c[nH]c5ccc(Br)cc45)c4ccccc34)c2c1. The van der Waals surface area contributed by atoms with Gasteiger partial charge in [-0.15, -0.1) is 10.2 Å². The molecule has 3 aromatic heterocycles. The Balaban J connectivity index is 1.24. The lowest BCUT2D eigenvalue weighted by Crippen LogP contribution is -2.01. The highest BCUT2D eigenvalue weighted by molar-refractivity contribution is 9.10. The molecule has 8 nitrogen and oxygen atoms in total. The molecule has 10 heteroatoms. The fraction of sp³-hybridized carbons (Fsp3) is 0. The molecule has 0 saturated carbocycles. The van der Waals surface area contributed by atoms with Crippen LogP contribution in [0.1, 0.15) is 11.1 Å². The Bertz CT molecular complexity index is 1650. The summed E-state index contributed by atoms with van der Waals surface area (Å²) >= 11 is 7.04. The maximum absolute atomic E-state index is 4.41. The second kappa shape index (κ2) is 9.56. The molecule has 0 bridgehead atoms. The zero-order chi connectivity index (χ0) is 24.5. The van der Waals surface area contributed by atoms with E-state index in [9.17, 15) is 0 Å². The van der Waals surface area contributed by atoms with Crippen molar-refractivity contribution in [3.05, 3.63) is 93.1 Å². The van der Waals surface area contributed by atoms with Crippen LogP contribution in [0.5, 0.6) is 0 Å². The Labute approximate surface area is 222 Å². The molecule has 0 fully saturated rings. The van der Waals surface area contributed by atoms with E-state index < -0.39 is 0 Å². The average Bonchev–Trinajstić information content (AvgIpc) is 3.48. The molecule has 6 aromatic rings. The molecule has 6 rings (SSSR count). The van der Waals surface area contributed by atoms with Crippen molar-refractivity contribution < 1.29 is 0 Å². The zero-order valence-corrected chi connectivity index (χ0v) is 21.8. The maximum Gasteiger partial charge on any atom is 0.176 e. The van der Waals surface area contributed by atoms with Gasteiger partial charge in [-0.1, -0.05) is 56.1 Å². The number of benzene rings is 3. The van der Waals surface area contributed by atoms with Crippen LogP contribution < -0.4 is 10.9 Å². The predicted molar refractivity (Wildman–Crippen MR) is 154 cm³/mol. The Morgan fingerprint density at radius 2 is 1.11 bits per heavy atom. The van der Waals surface area contributed by atoms with E-state index in [2.05, 4.69) is 85.2 Å². The molecule has 176 valence electrons. The second-order valence-corrected chi connectivity index (χ2v) is 9.88. The number of halogens is 2. The van der Waals surface area contributed by atoms with Crippen LogP contribution in [0.3, 0.4) is 0 Å². The number of anilines is 2. The summed E-state index contributed by atoms with van der Waals surface area (Å²) in [4.78, 5) is 6.50. The van der Waals surface area contributed by atoms with Gasteiger partial charge in [0.25, 0.3) is 0 Å². The predicted octanol–water partition coefficient (Wildman–Crippen LogP) is 7.01. The quantitative estimate of drug-likeness (QED) is 0.122. The van der Waals surface area contributed by atoms with Gasteiger partial charge in [0, 0.05) is 65.0 Å². The van der Waals surface area contributed by atoms with E-state index in [1.54, 1.807) is 12.4 Å². The van der Waals surface area contributed by atoms with Crippen LogP contribution >= 0.6 is 31.9 Å². The molecular weight excluding hydrogens is 584 g/mol. The molecule has 3 aromatic carbocycles. The summed E-state index contributed by atoms with van der Waals surface area (Å²) in [5.74, 6) is 1.11. The van der Waals surface area contributed by atoms with Gasteiger partial charge in [0.2, 0.25) is 0 Å². The zero-order valence-electron chi connectivity index (χ0n) is 18.6. The van der Waals surface area contributed by atoms with Gasteiger partial charge < -0.3 is 9.97 Å². The Hall–Kier alpha value is -4.02. The van der Waals surface area contributed by atoms with Crippen LogP contribution in [-0.4, -0.2) is 32.6 Å². The molecular formula is C26H18Br2N8. The van der Waals surface area contributed by atoms with Crippen molar-refractivity contribution in [3.8, 4) is 0 Å². The first kappa shape index (κ1) is 22.4. The molecule has 0 unspecified atom stereocenters. The standard InChI is InChI=1S/C26H18Br2N8/c27-17-5-7-23-21(9-17)15(11-29-23)13-31-33-25-19-3-1-2-4-20(19)26(36-35-25)34-32-14-16-12-30-24-8-6-18(28)10-22(16)24/h1-14,29-30H,(H,33,35)(H,34,36)/b31-13-,32-14+. The van der Waals surface area contributed by atoms with Gasteiger partial charge in [0.1, 0.15) is 0 Å². The average molecular weight is 602 g/mol. The van der Waals surface area contributed by atoms with Gasteiger partial charge in [-0.3, -0.25) is 10.9 Å². The van der Waals surface area contributed by atoms with Crippen molar-refractivity contribution in [1.82, 2.24) is 20.2 Å². The van der Waals surface area contributed by atoms with Crippen molar-refractivity contribution in [2.24, 2.45) is 10.2 Å². The fourth-order valence-corrected chi connectivity index (χ4v) is 4.76. The van der Waals surface area contributed by atoms with E-state index in [4.69, 9.17) is 0 Å². The summed E-state index contributed by atoms with van der Waals surface area (Å²) in [5, 5.41) is 21.4. The number of aromatic nitrogens is 4. The van der Waals surface area contributed by atoms with Crippen molar-refractivity contribution >= 4 is 88.5 Å². The molecule has 0 amide bonds. The van der Waals surface area contributed by atoms with Crippen LogP contribution in [-0.2, 0) is 0 Å². The van der Waals surface area contributed by atoms with Gasteiger partial charge in [-0.25, -0.2) is 0 Å². The first-order chi connectivity index (χ1) is 17.7. The molecule has 36 heavy (non-hydrogen) atoms. The van der Waals surface area contributed by atoms with Crippen molar-refractivity contribution in [1.29, 1.82) is 0 Å². The largest absolute Gasteiger partial charge is 0.361 e. The van der Waals surface area contributed by atoms with Crippen molar-refractivity contribution in [2.75, 3.05) is 10.9 Å². The normalized spacial score (nSPS) is 11.9. The summed E-state index contributed by atoms with van der Waals surface area (Å²) in [6.07, 6.45) is 7.36. The summed E-state index contributed by atoms with van der Waals surface area (Å²) in [6.45, 7) is 0. The third-order valence-corrected chi connectivity index (χ3v) is 6.77. The first-order valence-corrected chi connectivity index (χ1v) is 12.6. The minimum Gasteiger partial charge on any atom is -0.361 e. The van der Waals surface area contributed by atoms with E-state index in [-0.39, 0.29) is 0 Å². The highest BCUT2D eigenvalue weighted by Crippen LogP contribution is 2.27. The first-order valence-electron chi connectivity index (χ1n) is 11.0. The summed E-state index contributed by atoms with van der Waals surface area (Å²) < 4.78 is 2.02. The number of aromatic amines is 2. The minimum atomic E-state index is 0.555. The lowest BCUT2D eigenvalue weighted by Gasteiger charge is -2.07. The van der Waals surface area contributed by atoms with Crippen LogP contribution in [0.2, 0.25) is 0 Å². The highest BCUT2D eigenvalue weighted by atomic mass is 79.9. The van der Waals surface area contributed by atoms with Crippen LogP contribution in [0.4, 0.5) is 11.6 Å². The Kier molecular flexibility index (Phi) is 5.96. The molecule has 0 radical (unpaired) electrons. The van der Waals surface area contributed by atoms with Gasteiger partial charge in [-0.05, 0) is 36.4 Å². The van der Waals surface area contributed by atoms with Crippen LogP contribution in [0.25, 0.3) is 32.6 Å². The molecule has 0 spiro atoms. The van der Waals surface area contributed by atoms with Crippen LogP contribution in [0, 0.1) is 0 Å². The van der Waals surface area contributed by atoms with Gasteiger partial charge in [-0.2, -0.15) is 10.2 Å². The van der Waals surface area contributed by atoms with Crippen LogP contribution in [0.15, 0.2) is 92.2 Å². The number of rotatable bonds is 6. The topological polar surface area (TPSA) is 106 Å². The Morgan fingerprint density at radius 3 is 1.58 bits per heavy atom. The number of hydrogen-bond acceptors (Lipinski definition) is 6. The van der Waals surface area contributed by atoms with Crippen molar-refractivity contribution in [2.45, 2.75) is 0 Å². The molecule has 3 heterocycles. The summed E-state index contributed by atoms with van der Waals surface area (Å²) in [5.41, 5.74) is 10.1. The molecule has 0 aliphatic heterocycles. The number of nitrogens with zero attached hydrogens (tertiary/aromatic N) is 4. The number of hydrogen-bond donors (Lipinski definition) is 4. The summed E-state index contributed by atoms with van der Waals surface area (Å²) in [6, 6.07) is 20.0.